The van der Waals surface area contributed by atoms with E-state index < -0.39 is 0 Å². The van der Waals surface area contributed by atoms with Gasteiger partial charge in [0.2, 0.25) is 0 Å². The first kappa shape index (κ1) is 35.2. The number of benzene rings is 10. The van der Waals surface area contributed by atoms with Crippen LogP contribution in [0, 0.1) is 0 Å². The van der Waals surface area contributed by atoms with Gasteiger partial charge < -0.3 is 9.88 Å². The molecule has 0 spiro atoms. The summed E-state index contributed by atoms with van der Waals surface area (Å²) in [6, 6.07) is 82.5. The van der Waals surface area contributed by atoms with Gasteiger partial charge in [-0.2, -0.15) is 0 Å². The molecule has 0 saturated heterocycles. The molecule has 60 heavy (non-hydrogen) atoms. The molecule has 11 aromatic rings. The quantitative estimate of drug-likeness (QED) is 0.156. The van der Waals surface area contributed by atoms with Crippen molar-refractivity contribution in [3.63, 3.8) is 0 Å². The molecule has 0 fully saturated rings. The highest BCUT2D eigenvalue weighted by atomic mass is 15.1. The molecule has 0 radical (unpaired) electrons. The van der Waals surface area contributed by atoms with E-state index >= 15 is 0 Å². The van der Waals surface area contributed by atoms with Crippen molar-refractivity contribution in [3.05, 3.63) is 231 Å². The van der Waals surface area contributed by atoms with Crippen LogP contribution in [-0.4, -0.2) is 9.97 Å². The summed E-state index contributed by atoms with van der Waals surface area (Å²) in [6.07, 6.45) is 0. The van der Waals surface area contributed by atoms with Gasteiger partial charge in [0.15, 0.2) is 0 Å². The predicted molar refractivity (Wildman–Crippen MR) is 253 cm³/mol. The number of fused-ring (bicyclic) bond motifs is 5. The summed E-state index contributed by atoms with van der Waals surface area (Å²) in [6.45, 7) is 0. The van der Waals surface area contributed by atoms with Crippen LogP contribution in [0.25, 0.3) is 88.5 Å². The van der Waals surface area contributed by atoms with Crippen LogP contribution >= 0.6 is 0 Å². The first-order valence-corrected chi connectivity index (χ1v) is 20.4. The van der Waals surface area contributed by atoms with E-state index in [2.05, 4.69) is 234 Å². The number of nitrogens with one attached hydrogen (secondary N) is 1. The minimum atomic E-state index is 0.874. The predicted octanol–water partition coefficient (Wildman–Crippen LogP) is 15.7. The largest absolute Gasteiger partial charge is 0.338 e. The van der Waals surface area contributed by atoms with Crippen molar-refractivity contribution in [2.45, 2.75) is 0 Å². The Morgan fingerprint density at radius 1 is 0.317 bits per heavy atom. The van der Waals surface area contributed by atoms with Crippen LogP contribution in [-0.2, 0) is 0 Å². The van der Waals surface area contributed by atoms with Crippen LogP contribution in [0.5, 0.6) is 0 Å². The lowest BCUT2D eigenvalue weighted by Crippen LogP contribution is -2.09. The molecule has 0 bridgehead atoms. The lowest BCUT2D eigenvalue weighted by Gasteiger charge is -2.26. The van der Waals surface area contributed by atoms with Crippen molar-refractivity contribution in [3.8, 4) is 55.9 Å². The second-order valence-electron chi connectivity index (χ2n) is 15.3. The molecule has 1 N–H and O–H groups in total. The van der Waals surface area contributed by atoms with Gasteiger partial charge in [0.25, 0.3) is 0 Å². The van der Waals surface area contributed by atoms with Crippen LogP contribution in [0.15, 0.2) is 231 Å². The van der Waals surface area contributed by atoms with Gasteiger partial charge in [0.05, 0.1) is 11.0 Å². The fourth-order valence-corrected chi connectivity index (χ4v) is 8.51. The molecule has 0 atom stereocenters. The van der Waals surface area contributed by atoms with Gasteiger partial charge in [-0.3, -0.25) is 0 Å². The zero-order valence-electron chi connectivity index (χ0n) is 32.8. The molecular formula is C57H39N3. The summed E-state index contributed by atoms with van der Waals surface area (Å²) in [5.74, 6) is 0.874. The monoisotopic (exact) mass is 765 g/mol. The molecule has 0 amide bonds. The highest BCUT2D eigenvalue weighted by molar-refractivity contribution is 6.19. The second kappa shape index (κ2) is 15.1. The van der Waals surface area contributed by atoms with Gasteiger partial charge >= 0.3 is 0 Å². The molecule has 3 nitrogen and oxygen atoms in total. The summed E-state index contributed by atoms with van der Waals surface area (Å²) in [7, 11) is 0. The van der Waals surface area contributed by atoms with Crippen LogP contribution < -0.4 is 4.90 Å². The smallest absolute Gasteiger partial charge is 0.138 e. The molecule has 282 valence electrons. The Morgan fingerprint density at radius 2 is 0.700 bits per heavy atom. The molecular weight excluding hydrogens is 727 g/mol. The number of imidazole rings is 1. The fourth-order valence-electron chi connectivity index (χ4n) is 8.51. The van der Waals surface area contributed by atoms with Gasteiger partial charge in [0, 0.05) is 28.0 Å². The number of hydrogen-bond acceptors (Lipinski definition) is 2. The normalized spacial score (nSPS) is 11.3. The molecule has 0 aliphatic heterocycles. The average Bonchev–Trinajstić information content (AvgIpc) is 3.78. The highest BCUT2D eigenvalue weighted by Crippen LogP contribution is 2.39. The molecule has 3 heteroatoms. The third-order valence-corrected chi connectivity index (χ3v) is 11.6. The number of H-pyrrole nitrogens is 1. The van der Waals surface area contributed by atoms with E-state index in [9.17, 15) is 0 Å². The maximum atomic E-state index is 5.20. The Hall–Kier alpha value is -8.01. The van der Waals surface area contributed by atoms with E-state index in [1.807, 2.05) is 6.07 Å². The van der Waals surface area contributed by atoms with E-state index in [1.54, 1.807) is 0 Å². The molecule has 1 heterocycles. The average molecular weight is 766 g/mol. The summed E-state index contributed by atoms with van der Waals surface area (Å²) < 4.78 is 0. The van der Waals surface area contributed by atoms with Crippen molar-refractivity contribution in [2.24, 2.45) is 0 Å². The van der Waals surface area contributed by atoms with Crippen LogP contribution in [0.3, 0.4) is 0 Å². The van der Waals surface area contributed by atoms with E-state index in [0.717, 1.165) is 39.5 Å². The Morgan fingerprint density at radius 3 is 1.20 bits per heavy atom. The van der Waals surface area contributed by atoms with Crippen molar-refractivity contribution >= 4 is 49.6 Å². The lowest BCUT2D eigenvalue weighted by molar-refractivity contribution is 1.28. The van der Waals surface area contributed by atoms with Crippen molar-refractivity contribution in [1.82, 2.24) is 9.97 Å². The Kier molecular flexibility index (Phi) is 8.83. The number of rotatable bonds is 8. The number of anilines is 3. The first-order valence-electron chi connectivity index (χ1n) is 20.4. The topological polar surface area (TPSA) is 31.9 Å². The standard InChI is InChI=1S/C57H39N3/c1-4-10-39(11-5-1)42-16-19-47(20-17-42)57-58-54-37-29-46-18-21-49-38-48(28-36-53(49)55(46)56(54)59-57)45-26-34-52(35-27-45)60(50-30-22-43(23-31-50)40-12-6-2-7-13-40)51-32-24-44(25-33-51)41-14-8-3-9-15-41/h1-38H,(H,58,59). The van der Waals surface area contributed by atoms with Gasteiger partial charge in [0.1, 0.15) is 5.82 Å². The fraction of sp³-hybridized carbons (Fsp3) is 0. The molecule has 11 rings (SSSR count). The maximum Gasteiger partial charge on any atom is 0.138 e. The SMILES string of the molecule is c1ccc(-c2ccc(-c3nc4c(ccc5ccc6cc(-c7ccc(N(c8ccc(-c9ccccc9)cc8)c8ccc(-c9ccccc9)cc8)cc7)ccc6c54)[nH]3)cc2)cc1. The summed E-state index contributed by atoms with van der Waals surface area (Å²) in [4.78, 5) is 11.1. The van der Waals surface area contributed by atoms with Crippen LogP contribution in [0.4, 0.5) is 17.1 Å². The van der Waals surface area contributed by atoms with Crippen molar-refractivity contribution < 1.29 is 0 Å². The van der Waals surface area contributed by atoms with Crippen molar-refractivity contribution in [2.75, 3.05) is 4.90 Å². The van der Waals surface area contributed by atoms with E-state index in [4.69, 9.17) is 4.98 Å². The maximum absolute atomic E-state index is 5.20. The molecule has 0 unspecified atom stereocenters. The summed E-state index contributed by atoms with van der Waals surface area (Å²) in [5, 5.41) is 4.73. The zero-order valence-corrected chi connectivity index (χ0v) is 32.8. The first-order chi connectivity index (χ1) is 29.7. The Labute approximate surface area is 349 Å². The molecule has 10 aromatic carbocycles. The minimum Gasteiger partial charge on any atom is -0.338 e. The van der Waals surface area contributed by atoms with E-state index in [-0.39, 0.29) is 0 Å². The minimum absolute atomic E-state index is 0.874. The third kappa shape index (κ3) is 6.58. The summed E-state index contributed by atoms with van der Waals surface area (Å²) in [5.41, 5.74) is 15.9. The molecule has 0 saturated carbocycles. The third-order valence-electron chi connectivity index (χ3n) is 11.6. The molecule has 0 aliphatic rings. The number of nitrogens with zero attached hydrogens (tertiary/aromatic N) is 2. The van der Waals surface area contributed by atoms with E-state index in [1.165, 1.54) is 66.1 Å². The van der Waals surface area contributed by atoms with Gasteiger partial charge in [-0.05, 0) is 109 Å². The molecule has 0 aliphatic carbocycles. The zero-order chi connectivity index (χ0) is 39.8. The summed E-state index contributed by atoms with van der Waals surface area (Å²) >= 11 is 0. The Bertz CT molecular complexity index is 3160. The number of aromatic amines is 1. The second-order valence-corrected chi connectivity index (χ2v) is 15.3. The van der Waals surface area contributed by atoms with E-state index in [0.29, 0.717) is 0 Å². The van der Waals surface area contributed by atoms with Crippen LogP contribution in [0.1, 0.15) is 0 Å². The number of hydrogen-bond donors (Lipinski definition) is 1. The van der Waals surface area contributed by atoms with Gasteiger partial charge in [-0.1, -0.05) is 182 Å². The van der Waals surface area contributed by atoms with Gasteiger partial charge in [-0.25, -0.2) is 4.98 Å². The van der Waals surface area contributed by atoms with Gasteiger partial charge in [-0.15, -0.1) is 0 Å². The lowest BCUT2D eigenvalue weighted by atomic mass is 9.96. The molecule has 1 aromatic heterocycles. The van der Waals surface area contributed by atoms with Crippen LogP contribution in [0.2, 0.25) is 0 Å². The van der Waals surface area contributed by atoms with Crippen molar-refractivity contribution in [1.29, 1.82) is 0 Å². The Balaban J connectivity index is 0.926. The number of aromatic nitrogens is 2. The highest BCUT2D eigenvalue weighted by Gasteiger charge is 2.16.